The third-order valence-corrected chi connectivity index (χ3v) is 3.44. The van der Waals surface area contributed by atoms with Crippen LogP contribution < -0.4 is 5.73 Å². The van der Waals surface area contributed by atoms with Crippen LogP contribution >= 0.6 is 0 Å². The molecule has 0 atom stereocenters. The van der Waals surface area contributed by atoms with Gasteiger partial charge in [0, 0.05) is 26.6 Å². The molecule has 1 saturated heterocycles. The molecule has 1 aliphatic heterocycles. The number of ether oxygens (including phenoxy) is 1. The maximum absolute atomic E-state index is 12.2. The number of likely N-dealkylation sites (N-methyl/N-ethyl adjacent to an activating group) is 1. The van der Waals surface area contributed by atoms with Crippen molar-refractivity contribution in [3.05, 3.63) is 23.7 Å². The number of hydrogen-bond acceptors (Lipinski definition) is 4. The van der Waals surface area contributed by atoms with Gasteiger partial charge in [-0.05, 0) is 19.1 Å². The van der Waals surface area contributed by atoms with Crippen molar-refractivity contribution in [2.45, 2.75) is 13.3 Å². The van der Waals surface area contributed by atoms with Gasteiger partial charge in [0.25, 0.3) is 0 Å². The quantitative estimate of drug-likeness (QED) is 0.831. The van der Waals surface area contributed by atoms with Gasteiger partial charge in [0.15, 0.2) is 0 Å². The summed E-state index contributed by atoms with van der Waals surface area (Å²) in [4.78, 5) is 14.0. The highest BCUT2D eigenvalue weighted by molar-refractivity contribution is 5.84. The van der Waals surface area contributed by atoms with Crippen LogP contribution in [0.15, 0.2) is 16.5 Å². The molecular formula is C13H20N2O3. The number of hydrogen-bond donors (Lipinski definition) is 1. The van der Waals surface area contributed by atoms with Gasteiger partial charge in [0.2, 0.25) is 5.91 Å². The minimum Gasteiger partial charge on any atom is -0.466 e. The van der Waals surface area contributed by atoms with Gasteiger partial charge in [-0.15, -0.1) is 0 Å². The van der Waals surface area contributed by atoms with Gasteiger partial charge < -0.3 is 19.8 Å². The summed E-state index contributed by atoms with van der Waals surface area (Å²) in [6, 6.07) is 3.87. The number of carbonyl (C=O) groups excluding carboxylic acids is 1. The van der Waals surface area contributed by atoms with Gasteiger partial charge >= 0.3 is 0 Å². The lowest BCUT2D eigenvalue weighted by molar-refractivity contribution is -0.169. The van der Waals surface area contributed by atoms with Crippen LogP contribution in [-0.2, 0) is 16.0 Å². The maximum Gasteiger partial charge on any atom is 0.234 e. The van der Waals surface area contributed by atoms with E-state index < -0.39 is 5.41 Å². The number of furan rings is 1. The van der Waals surface area contributed by atoms with Crippen LogP contribution in [0.5, 0.6) is 0 Å². The molecule has 2 N–H and O–H groups in total. The Hall–Kier alpha value is -1.33. The fourth-order valence-corrected chi connectivity index (χ4v) is 2.08. The minimum absolute atomic E-state index is 0.0690. The monoisotopic (exact) mass is 252 g/mol. The van der Waals surface area contributed by atoms with Crippen molar-refractivity contribution >= 4 is 5.91 Å². The Morgan fingerprint density at radius 1 is 1.50 bits per heavy atom. The molecule has 100 valence electrons. The fourth-order valence-electron chi connectivity index (χ4n) is 2.08. The van der Waals surface area contributed by atoms with E-state index in [2.05, 4.69) is 0 Å². The van der Waals surface area contributed by atoms with Gasteiger partial charge in [-0.25, -0.2) is 0 Å². The van der Waals surface area contributed by atoms with E-state index in [1.54, 1.807) is 11.9 Å². The van der Waals surface area contributed by atoms with Crippen molar-refractivity contribution in [2.75, 3.05) is 33.4 Å². The molecule has 0 unspecified atom stereocenters. The molecule has 1 aromatic rings. The van der Waals surface area contributed by atoms with Crippen molar-refractivity contribution < 1.29 is 13.9 Å². The zero-order valence-electron chi connectivity index (χ0n) is 10.9. The zero-order valence-corrected chi connectivity index (χ0v) is 10.9. The predicted molar refractivity (Wildman–Crippen MR) is 67.1 cm³/mol. The van der Waals surface area contributed by atoms with E-state index in [9.17, 15) is 4.79 Å². The average Bonchev–Trinajstić information content (AvgIpc) is 2.71. The van der Waals surface area contributed by atoms with Crippen LogP contribution in [0.2, 0.25) is 0 Å². The third-order valence-electron chi connectivity index (χ3n) is 3.44. The molecule has 0 spiro atoms. The molecule has 18 heavy (non-hydrogen) atoms. The van der Waals surface area contributed by atoms with Gasteiger partial charge in [-0.2, -0.15) is 0 Å². The summed E-state index contributed by atoms with van der Waals surface area (Å²) >= 11 is 0. The number of nitrogens with zero attached hydrogens (tertiary/aromatic N) is 1. The average molecular weight is 252 g/mol. The standard InChI is InChI=1S/C13H20N2O3/c1-10-3-4-11(18-10)5-6-15(2)12(16)13(7-14)8-17-9-13/h3-4H,5-9,14H2,1-2H3. The highest BCUT2D eigenvalue weighted by Crippen LogP contribution is 2.28. The summed E-state index contributed by atoms with van der Waals surface area (Å²) in [6.07, 6.45) is 0.720. The molecule has 2 heterocycles. The van der Waals surface area contributed by atoms with Crippen LogP contribution in [0, 0.1) is 12.3 Å². The van der Waals surface area contributed by atoms with E-state index in [4.69, 9.17) is 14.9 Å². The Balaban J connectivity index is 1.87. The van der Waals surface area contributed by atoms with E-state index in [1.165, 1.54) is 0 Å². The van der Waals surface area contributed by atoms with Crippen molar-refractivity contribution in [1.82, 2.24) is 4.90 Å². The fraction of sp³-hybridized carbons (Fsp3) is 0.615. The Morgan fingerprint density at radius 2 is 2.22 bits per heavy atom. The molecule has 2 rings (SSSR count). The highest BCUT2D eigenvalue weighted by atomic mass is 16.5. The second kappa shape index (κ2) is 5.12. The first-order valence-electron chi connectivity index (χ1n) is 6.16. The van der Waals surface area contributed by atoms with E-state index >= 15 is 0 Å². The van der Waals surface area contributed by atoms with Crippen LogP contribution in [0.4, 0.5) is 0 Å². The summed E-state index contributed by atoms with van der Waals surface area (Å²) < 4.78 is 10.6. The first kappa shape index (κ1) is 13.1. The molecule has 0 radical (unpaired) electrons. The van der Waals surface area contributed by atoms with Crippen LogP contribution in [-0.4, -0.2) is 44.2 Å². The Labute approximate surface area is 107 Å². The molecule has 1 aromatic heterocycles. The first-order chi connectivity index (χ1) is 8.57. The molecule has 1 amide bonds. The summed E-state index contributed by atoms with van der Waals surface area (Å²) in [5.41, 5.74) is 5.18. The van der Waals surface area contributed by atoms with Crippen LogP contribution in [0.25, 0.3) is 0 Å². The minimum atomic E-state index is -0.492. The smallest absolute Gasteiger partial charge is 0.234 e. The second-order valence-corrected chi connectivity index (χ2v) is 4.97. The first-order valence-corrected chi connectivity index (χ1v) is 6.16. The van der Waals surface area contributed by atoms with E-state index in [0.717, 1.165) is 17.9 Å². The second-order valence-electron chi connectivity index (χ2n) is 4.97. The molecule has 5 nitrogen and oxygen atoms in total. The van der Waals surface area contributed by atoms with Gasteiger partial charge in [0.05, 0.1) is 13.2 Å². The number of aryl methyl sites for hydroxylation is 1. The number of amides is 1. The highest BCUT2D eigenvalue weighted by Gasteiger charge is 2.46. The SMILES string of the molecule is Cc1ccc(CCN(C)C(=O)C2(CN)COC2)o1. The van der Waals surface area contributed by atoms with E-state index in [0.29, 0.717) is 26.3 Å². The lowest BCUT2D eigenvalue weighted by Crippen LogP contribution is -2.58. The molecule has 1 aliphatic rings. The number of nitrogens with two attached hydrogens (primary N) is 1. The number of carbonyl (C=O) groups is 1. The van der Waals surface area contributed by atoms with Crippen molar-refractivity contribution in [2.24, 2.45) is 11.1 Å². The summed E-state index contributed by atoms with van der Waals surface area (Å²) in [5.74, 6) is 1.86. The normalized spacial score (nSPS) is 17.3. The summed E-state index contributed by atoms with van der Waals surface area (Å²) in [6.45, 7) is 3.76. The van der Waals surface area contributed by atoms with Crippen molar-refractivity contribution in [3.63, 3.8) is 0 Å². The topological polar surface area (TPSA) is 68.7 Å². The van der Waals surface area contributed by atoms with Gasteiger partial charge in [-0.1, -0.05) is 0 Å². The maximum atomic E-state index is 12.2. The molecule has 0 saturated carbocycles. The summed E-state index contributed by atoms with van der Waals surface area (Å²) in [5, 5.41) is 0. The lowest BCUT2D eigenvalue weighted by atomic mass is 9.84. The van der Waals surface area contributed by atoms with Crippen LogP contribution in [0.1, 0.15) is 11.5 Å². The molecule has 1 fully saturated rings. The van der Waals surface area contributed by atoms with Gasteiger partial charge in [0.1, 0.15) is 16.9 Å². The predicted octanol–water partition coefficient (Wildman–Crippen LogP) is 0.564. The van der Waals surface area contributed by atoms with Gasteiger partial charge in [-0.3, -0.25) is 4.79 Å². The van der Waals surface area contributed by atoms with E-state index in [-0.39, 0.29) is 5.91 Å². The van der Waals surface area contributed by atoms with Crippen LogP contribution in [0.3, 0.4) is 0 Å². The third kappa shape index (κ3) is 2.42. The van der Waals surface area contributed by atoms with Crippen molar-refractivity contribution in [3.8, 4) is 0 Å². The lowest BCUT2D eigenvalue weighted by Gasteiger charge is -2.41. The molecule has 5 heteroatoms. The molecular weight excluding hydrogens is 232 g/mol. The largest absolute Gasteiger partial charge is 0.466 e. The molecule has 0 aromatic carbocycles. The Kier molecular flexibility index (Phi) is 3.73. The molecule has 0 aliphatic carbocycles. The Morgan fingerprint density at radius 3 is 2.67 bits per heavy atom. The van der Waals surface area contributed by atoms with Crippen molar-refractivity contribution in [1.29, 1.82) is 0 Å². The van der Waals surface area contributed by atoms with E-state index in [1.807, 2.05) is 19.1 Å². The summed E-state index contributed by atoms with van der Waals surface area (Å²) in [7, 11) is 1.80. The Bertz CT molecular complexity index is 418. The number of rotatable bonds is 5. The molecule has 0 bridgehead atoms. The zero-order chi connectivity index (χ0) is 13.2.